The molecule has 0 aliphatic carbocycles. The van der Waals surface area contributed by atoms with E-state index in [2.05, 4.69) is 5.48 Å². The summed E-state index contributed by atoms with van der Waals surface area (Å²) < 4.78 is 5.18. The topological polar surface area (TPSA) is 112 Å². The van der Waals surface area contributed by atoms with E-state index in [1.165, 1.54) is 9.80 Å². The van der Waals surface area contributed by atoms with Crippen molar-refractivity contribution in [3.8, 4) is 0 Å². The molecule has 4 amide bonds. The zero-order chi connectivity index (χ0) is 20.2. The molecular weight excluding hydrogens is 356 g/mol. The first-order valence-corrected chi connectivity index (χ1v) is 9.31. The van der Waals surface area contributed by atoms with Crippen molar-refractivity contribution in [2.75, 3.05) is 26.3 Å². The SMILES string of the molecule is CCCOC(=O)N(CCONC(=O)[C@@H]1CC[C@@H]2CN1C(=O)N2O)C(C)(C)C. The van der Waals surface area contributed by atoms with E-state index in [1.807, 2.05) is 27.7 Å². The number of nitrogens with zero attached hydrogens (tertiary/aromatic N) is 3. The van der Waals surface area contributed by atoms with E-state index < -0.39 is 29.6 Å². The Bertz CT molecular complexity index is 564. The molecule has 0 aromatic rings. The van der Waals surface area contributed by atoms with Gasteiger partial charge in [0.1, 0.15) is 6.04 Å². The van der Waals surface area contributed by atoms with Gasteiger partial charge in [-0.15, -0.1) is 0 Å². The van der Waals surface area contributed by atoms with E-state index in [-0.39, 0.29) is 19.2 Å². The lowest BCUT2D eigenvalue weighted by Gasteiger charge is -2.34. The number of rotatable bonds is 7. The predicted molar refractivity (Wildman–Crippen MR) is 94.7 cm³/mol. The third-order valence-electron chi connectivity index (χ3n) is 4.70. The second kappa shape index (κ2) is 8.75. The van der Waals surface area contributed by atoms with Crippen LogP contribution in [0.15, 0.2) is 0 Å². The molecule has 2 saturated heterocycles. The zero-order valence-corrected chi connectivity index (χ0v) is 16.4. The molecule has 0 spiro atoms. The number of ether oxygens (including phenoxy) is 1. The molecule has 2 N–H and O–H groups in total. The van der Waals surface area contributed by atoms with Crippen LogP contribution in [0, 0.1) is 0 Å². The van der Waals surface area contributed by atoms with Gasteiger partial charge in [-0.3, -0.25) is 14.8 Å². The molecular formula is C17H30N4O6. The number of nitrogens with one attached hydrogen (secondary N) is 1. The summed E-state index contributed by atoms with van der Waals surface area (Å²) >= 11 is 0. The largest absolute Gasteiger partial charge is 0.449 e. The summed E-state index contributed by atoms with van der Waals surface area (Å²) in [6.45, 7) is 8.57. The smallest absolute Gasteiger partial charge is 0.410 e. The van der Waals surface area contributed by atoms with Crippen LogP contribution in [0.1, 0.15) is 47.0 Å². The second-order valence-electron chi connectivity index (χ2n) is 7.78. The number of carbonyl (C=O) groups excluding carboxylic acids is 3. The maximum Gasteiger partial charge on any atom is 0.410 e. The van der Waals surface area contributed by atoms with Gasteiger partial charge in [0.2, 0.25) is 0 Å². The van der Waals surface area contributed by atoms with Crippen molar-refractivity contribution in [2.45, 2.75) is 64.6 Å². The molecule has 0 aromatic heterocycles. The van der Waals surface area contributed by atoms with Gasteiger partial charge in [-0.25, -0.2) is 20.1 Å². The Morgan fingerprint density at radius 2 is 2.00 bits per heavy atom. The Labute approximate surface area is 159 Å². The molecule has 10 nitrogen and oxygen atoms in total. The number of hydroxylamine groups is 3. The van der Waals surface area contributed by atoms with E-state index in [0.717, 1.165) is 6.42 Å². The highest BCUT2D eigenvalue weighted by Gasteiger charge is 2.46. The maximum atomic E-state index is 12.3. The van der Waals surface area contributed by atoms with Crippen LogP contribution in [-0.4, -0.2) is 82.0 Å². The molecule has 0 unspecified atom stereocenters. The van der Waals surface area contributed by atoms with Crippen molar-refractivity contribution in [1.82, 2.24) is 20.3 Å². The molecule has 2 bridgehead atoms. The van der Waals surface area contributed by atoms with Crippen molar-refractivity contribution >= 4 is 18.0 Å². The van der Waals surface area contributed by atoms with Crippen LogP contribution in [0.25, 0.3) is 0 Å². The van der Waals surface area contributed by atoms with E-state index in [9.17, 15) is 19.6 Å². The van der Waals surface area contributed by atoms with E-state index in [0.29, 0.717) is 31.1 Å². The van der Waals surface area contributed by atoms with Gasteiger partial charge in [0.25, 0.3) is 5.91 Å². The van der Waals surface area contributed by atoms with E-state index in [4.69, 9.17) is 9.57 Å². The summed E-state index contributed by atoms with van der Waals surface area (Å²) in [5.41, 5.74) is 1.89. The fraction of sp³-hybridized carbons (Fsp3) is 0.824. The lowest BCUT2D eigenvalue weighted by molar-refractivity contribution is -0.139. The average Bonchev–Trinajstić information content (AvgIpc) is 2.82. The monoisotopic (exact) mass is 386 g/mol. The molecule has 2 aliphatic heterocycles. The van der Waals surface area contributed by atoms with Crippen molar-refractivity contribution in [2.24, 2.45) is 0 Å². The first kappa shape index (κ1) is 21.2. The van der Waals surface area contributed by atoms with Crippen LogP contribution in [-0.2, 0) is 14.4 Å². The highest BCUT2D eigenvalue weighted by molar-refractivity contribution is 5.87. The number of fused-ring (bicyclic) bond motifs is 2. The van der Waals surface area contributed by atoms with Crippen LogP contribution < -0.4 is 5.48 Å². The summed E-state index contributed by atoms with van der Waals surface area (Å²) in [7, 11) is 0. The maximum absolute atomic E-state index is 12.3. The number of urea groups is 1. The van der Waals surface area contributed by atoms with Crippen molar-refractivity contribution in [3.05, 3.63) is 0 Å². The molecule has 2 atom stereocenters. The van der Waals surface area contributed by atoms with Crippen LogP contribution >= 0.6 is 0 Å². The van der Waals surface area contributed by atoms with Gasteiger partial charge in [0, 0.05) is 12.1 Å². The van der Waals surface area contributed by atoms with Gasteiger partial charge in [-0.05, 0) is 40.0 Å². The second-order valence-corrected chi connectivity index (χ2v) is 7.78. The van der Waals surface area contributed by atoms with Crippen molar-refractivity contribution in [3.63, 3.8) is 0 Å². The molecule has 2 heterocycles. The third kappa shape index (κ3) is 5.01. The third-order valence-corrected chi connectivity index (χ3v) is 4.70. The number of hydrogen-bond donors (Lipinski definition) is 2. The van der Waals surface area contributed by atoms with Crippen molar-refractivity contribution in [1.29, 1.82) is 0 Å². The molecule has 154 valence electrons. The zero-order valence-electron chi connectivity index (χ0n) is 16.4. The van der Waals surface area contributed by atoms with E-state index in [1.54, 1.807) is 0 Å². The Hall–Kier alpha value is -2.07. The van der Waals surface area contributed by atoms with Crippen LogP contribution in [0.5, 0.6) is 0 Å². The Balaban J connectivity index is 1.80. The minimum absolute atomic E-state index is 0.0830. The molecule has 2 fully saturated rings. The lowest BCUT2D eigenvalue weighted by atomic mass is 10.0. The van der Waals surface area contributed by atoms with Gasteiger partial charge in [-0.2, -0.15) is 0 Å². The molecule has 27 heavy (non-hydrogen) atoms. The molecule has 10 heteroatoms. The molecule has 2 rings (SSSR count). The Morgan fingerprint density at radius 3 is 2.63 bits per heavy atom. The highest BCUT2D eigenvalue weighted by Crippen LogP contribution is 2.28. The number of piperidine rings is 1. The van der Waals surface area contributed by atoms with Crippen LogP contribution in [0.4, 0.5) is 9.59 Å². The summed E-state index contributed by atoms with van der Waals surface area (Å²) in [5.74, 6) is -0.437. The lowest BCUT2D eigenvalue weighted by Crippen LogP contribution is -2.51. The van der Waals surface area contributed by atoms with Gasteiger partial charge in [0.05, 0.1) is 25.8 Å². The summed E-state index contributed by atoms with van der Waals surface area (Å²) in [4.78, 5) is 44.5. The Morgan fingerprint density at radius 1 is 1.30 bits per heavy atom. The minimum Gasteiger partial charge on any atom is -0.449 e. The molecule has 0 aromatic carbocycles. The fourth-order valence-electron chi connectivity index (χ4n) is 3.22. The number of hydrogen-bond acceptors (Lipinski definition) is 6. The molecule has 0 saturated carbocycles. The van der Waals surface area contributed by atoms with Crippen LogP contribution in [0.3, 0.4) is 0 Å². The summed E-state index contributed by atoms with van der Waals surface area (Å²) in [6, 6.07) is -1.48. The van der Waals surface area contributed by atoms with Gasteiger partial charge in [-0.1, -0.05) is 6.92 Å². The molecule has 2 aliphatic rings. The standard InChI is InChI=1S/C17H30N4O6/c1-5-9-26-16(24)20(17(2,3)4)8-10-27-18-14(22)13-7-6-12-11-19(13)15(23)21(12)25/h12-13,25H,5-11H2,1-4H3,(H,18,22)/t12-,13+/m1/s1. The van der Waals surface area contributed by atoms with Crippen LogP contribution in [0.2, 0.25) is 0 Å². The fourth-order valence-corrected chi connectivity index (χ4v) is 3.22. The quantitative estimate of drug-likeness (QED) is 0.388. The normalized spacial score (nSPS) is 22.0. The first-order valence-electron chi connectivity index (χ1n) is 9.31. The van der Waals surface area contributed by atoms with Crippen molar-refractivity contribution < 1.29 is 29.2 Å². The minimum atomic E-state index is -0.667. The van der Waals surface area contributed by atoms with E-state index >= 15 is 0 Å². The first-order chi connectivity index (χ1) is 12.7. The average molecular weight is 386 g/mol. The number of amides is 4. The van der Waals surface area contributed by atoms with Gasteiger partial charge >= 0.3 is 12.1 Å². The Kier molecular flexibility index (Phi) is 6.88. The van der Waals surface area contributed by atoms with Gasteiger partial charge < -0.3 is 14.5 Å². The van der Waals surface area contributed by atoms with Gasteiger partial charge in [0.15, 0.2) is 0 Å². The summed E-state index contributed by atoms with van der Waals surface area (Å²) in [5, 5.41) is 10.4. The predicted octanol–water partition coefficient (Wildman–Crippen LogP) is 1.34. The molecule has 0 radical (unpaired) electrons. The summed E-state index contributed by atoms with van der Waals surface area (Å²) in [6.07, 6.45) is 1.32. The highest BCUT2D eigenvalue weighted by atomic mass is 16.7. The number of carbonyl (C=O) groups is 3.